The Morgan fingerprint density at radius 1 is 0.783 bits per heavy atom. The molecular formula is C21H27FO. The van der Waals surface area contributed by atoms with Gasteiger partial charge in [0.05, 0.1) is 7.11 Å². The van der Waals surface area contributed by atoms with E-state index in [1.54, 1.807) is 7.11 Å². The lowest BCUT2D eigenvalue weighted by molar-refractivity contribution is 0.412. The third-order valence-electron chi connectivity index (χ3n) is 4.47. The van der Waals surface area contributed by atoms with Crippen LogP contribution in [-0.2, 0) is 0 Å². The van der Waals surface area contributed by atoms with Gasteiger partial charge in [0.15, 0.2) is 0 Å². The molecule has 0 aliphatic heterocycles. The van der Waals surface area contributed by atoms with Crippen molar-refractivity contribution in [1.82, 2.24) is 0 Å². The van der Waals surface area contributed by atoms with Gasteiger partial charge in [-0.2, -0.15) is 0 Å². The molecule has 0 aliphatic carbocycles. The smallest absolute Gasteiger partial charge is 0.130 e. The molecule has 0 aliphatic rings. The zero-order valence-electron chi connectivity index (χ0n) is 15.3. The topological polar surface area (TPSA) is 9.23 Å². The van der Waals surface area contributed by atoms with E-state index in [2.05, 4.69) is 39.8 Å². The Hall–Kier alpha value is -1.83. The molecule has 0 radical (unpaired) electrons. The molecule has 0 bridgehead atoms. The molecule has 0 spiro atoms. The van der Waals surface area contributed by atoms with Crippen LogP contribution in [-0.4, -0.2) is 7.11 Å². The molecule has 1 nitrogen and oxygen atoms in total. The molecule has 0 unspecified atom stereocenters. The summed E-state index contributed by atoms with van der Waals surface area (Å²) in [6.45, 7) is 12.7. The Kier molecular flexibility index (Phi) is 5.13. The second-order valence-electron chi connectivity index (χ2n) is 6.91. The van der Waals surface area contributed by atoms with Gasteiger partial charge in [-0.15, -0.1) is 0 Å². The average molecular weight is 314 g/mol. The fourth-order valence-electron chi connectivity index (χ4n) is 3.14. The Labute approximate surface area is 139 Å². The number of halogens is 1. The van der Waals surface area contributed by atoms with Crippen LogP contribution in [0.15, 0.2) is 24.3 Å². The van der Waals surface area contributed by atoms with Gasteiger partial charge in [-0.05, 0) is 59.6 Å². The van der Waals surface area contributed by atoms with Crippen molar-refractivity contribution in [3.63, 3.8) is 0 Å². The predicted molar refractivity (Wildman–Crippen MR) is 96.0 cm³/mol. The van der Waals surface area contributed by atoms with E-state index in [9.17, 15) is 4.39 Å². The lowest BCUT2D eigenvalue weighted by Gasteiger charge is -2.18. The van der Waals surface area contributed by atoms with Gasteiger partial charge < -0.3 is 4.74 Å². The van der Waals surface area contributed by atoms with Gasteiger partial charge in [0, 0.05) is 11.6 Å². The first kappa shape index (κ1) is 17.5. The maximum atomic E-state index is 14.3. The number of hydrogen-bond acceptors (Lipinski definition) is 1. The first-order valence-electron chi connectivity index (χ1n) is 8.25. The Balaban J connectivity index is 2.70. The molecular weight excluding hydrogens is 287 g/mol. The summed E-state index contributed by atoms with van der Waals surface area (Å²) in [5, 5.41) is 0. The van der Waals surface area contributed by atoms with Gasteiger partial charge in [-0.1, -0.05) is 39.8 Å². The monoisotopic (exact) mass is 314 g/mol. The summed E-state index contributed by atoms with van der Waals surface area (Å²) < 4.78 is 19.7. The van der Waals surface area contributed by atoms with Crippen LogP contribution >= 0.6 is 0 Å². The lowest BCUT2D eigenvalue weighted by atomic mass is 9.88. The summed E-state index contributed by atoms with van der Waals surface area (Å²) in [5.41, 5.74) is 6.62. The maximum absolute atomic E-state index is 14.3. The number of aryl methyl sites for hydroxylation is 2. The summed E-state index contributed by atoms with van der Waals surface area (Å²) >= 11 is 0. The molecule has 2 aromatic rings. The number of rotatable bonds is 4. The second-order valence-corrected chi connectivity index (χ2v) is 6.91. The van der Waals surface area contributed by atoms with Crippen molar-refractivity contribution < 1.29 is 9.13 Å². The van der Waals surface area contributed by atoms with Crippen LogP contribution in [0.2, 0.25) is 0 Å². The molecule has 124 valence electrons. The molecule has 2 heteroatoms. The molecule has 0 heterocycles. The van der Waals surface area contributed by atoms with Crippen molar-refractivity contribution in [3.8, 4) is 16.9 Å². The zero-order chi connectivity index (χ0) is 17.3. The molecule has 0 saturated carbocycles. The quantitative estimate of drug-likeness (QED) is 0.637. The lowest BCUT2D eigenvalue weighted by Crippen LogP contribution is -2.00. The first-order valence-corrected chi connectivity index (χ1v) is 8.25. The highest BCUT2D eigenvalue weighted by Gasteiger charge is 2.17. The third-order valence-corrected chi connectivity index (χ3v) is 4.47. The van der Waals surface area contributed by atoms with Crippen molar-refractivity contribution in [3.05, 3.63) is 52.3 Å². The van der Waals surface area contributed by atoms with Crippen molar-refractivity contribution in [2.75, 3.05) is 7.11 Å². The van der Waals surface area contributed by atoms with Gasteiger partial charge in [0.25, 0.3) is 0 Å². The number of ether oxygens (including phenoxy) is 1. The average Bonchev–Trinajstić information content (AvgIpc) is 2.48. The van der Waals surface area contributed by atoms with Crippen molar-refractivity contribution >= 4 is 0 Å². The molecule has 0 fully saturated rings. The van der Waals surface area contributed by atoms with Crippen LogP contribution in [0.4, 0.5) is 4.39 Å². The van der Waals surface area contributed by atoms with E-state index < -0.39 is 0 Å². The fraction of sp³-hybridized carbons (Fsp3) is 0.429. The molecule has 2 aromatic carbocycles. The molecule has 23 heavy (non-hydrogen) atoms. The van der Waals surface area contributed by atoms with E-state index in [1.165, 1.54) is 22.8 Å². The summed E-state index contributed by atoms with van der Waals surface area (Å²) in [6.07, 6.45) is 0. The molecule has 0 amide bonds. The summed E-state index contributed by atoms with van der Waals surface area (Å²) in [6, 6.07) is 7.89. The minimum absolute atomic E-state index is 0.135. The van der Waals surface area contributed by atoms with E-state index in [-0.39, 0.29) is 11.7 Å². The van der Waals surface area contributed by atoms with Gasteiger partial charge in [0.1, 0.15) is 11.6 Å². The van der Waals surface area contributed by atoms with Crippen LogP contribution in [0.25, 0.3) is 11.1 Å². The van der Waals surface area contributed by atoms with Crippen molar-refractivity contribution in [2.45, 2.75) is 53.4 Å². The summed E-state index contributed by atoms with van der Waals surface area (Å²) in [5.74, 6) is 1.01. The van der Waals surface area contributed by atoms with E-state index in [4.69, 9.17) is 4.74 Å². The van der Waals surface area contributed by atoms with E-state index in [0.29, 0.717) is 11.7 Å². The van der Waals surface area contributed by atoms with Gasteiger partial charge in [0.2, 0.25) is 0 Å². The first-order chi connectivity index (χ1) is 10.8. The standard InChI is InChI=1S/C21H27FO/c1-12(2)16-8-15(6)18(9-14(16)5)19-10-17(13(3)4)20(22)11-21(19)23-7/h8-13H,1-7H3. The molecule has 2 rings (SSSR count). The second kappa shape index (κ2) is 6.74. The maximum Gasteiger partial charge on any atom is 0.130 e. The Morgan fingerprint density at radius 2 is 1.39 bits per heavy atom. The van der Waals surface area contributed by atoms with Gasteiger partial charge in [-0.3, -0.25) is 0 Å². The van der Waals surface area contributed by atoms with Crippen LogP contribution in [0, 0.1) is 19.7 Å². The normalized spacial score (nSPS) is 11.4. The summed E-state index contributed by atoms with van der Waals surface area (Å²) in [4.78, 5) is 0. The highest BCUT2D eigenvalue weighted by atomic mass is 19.1. The minimum Gasteiger partial charge on any atom is -0.496 e. The van der Waals surface area contributed by atoms with Crippen LogP contribution < -0.4 is 4.74 Å². The van der Waals surface area contributed by atoms with E-state index in [0.717, 1.165) is 16.7 Å². The van der Waals surface area contributed by atoms with Crippen molar-refractivity contribution in [1.29, 1.82) is 0 Å². The highest BCUT2D eigenvalue weighted by molar-refractivity contribution is 5.75. The molecule has 0 saturated heterocycles. The Morgan fingerprint density at radius 3 is 1.91 bits per heavy atom. The predicted octanol–water partition coefficient (Wildman–Crippen LogP) is 6.36. The molecule has 0 aromatic heterocycles. The number of benzene rings is 2. The molecule has 0 N–H and O–H groups in total. The van der Waals surface area contributed by atoms with Crippen LogP contribution in [0.5, 0.6) is 5.75 Å². The minimum atomic E-state index is -0.200. The van der Waals surface area contributed by atoms with E-state index >= 15 is 0 Å². The third kappa shape index (κ3) is 3.41. The largest absolute Gasteiger partial charge is 0.496 e. The fourth-order valence-corrected chi connectivity index (χ4v) is 3.14. The molecule has 0 atom stereocenters. The zero-order valence-corrected chi connectivity index (χ0v) is 15.3. The summed E-state index contributed by atoms with van der Waals surface area (Å²) in [7, 11) is 1.60. The van der Waals surface area contributed by atoms with Crippen LogP contribution in [0.3, 0.4) is 0 Å². The van der Waals surface area contributed by atoms with Gasteiger partial charge in [-0.25, -0.2) is 4.39 Å². The number of hydrogen-bond donors (Lipinski definition) is 0. The van der Waals surface area contributed by atoms with E-state index in [1.807, 2.05) is 19.9 Å². The van der Waals surface area contributed by atoms with Crippen molar-refractivity contribution in [2.24, 2.45) is 0 Å². The van der Waals surface area contributed by atoms with Crippen LogP contribution in [0.1, 0.15) is 61.8 Å². The number of methoxy groups -OCH3 is 1. The highest BCUT2D eigenvalue weighted by Crippen LogP contribution is 2.38. The SMILES string of the molecule is COc1cc(F)c(C(C)C)cc1-c1cc(C)c(C(C)C)cc1C. The van der Waals surface area contributed by atoms with Gasteiger partial charge >= 0.3 is 0 Å². The Bertz CT molecular complexity index is 714.